The number of aryl methyl sites for hydroxylation is 1. The van der Waals surface area contributed by atoms with Gasteiger partial charge in [-0.05, 0) is 37.3 Å². The number of aromatic nitrogens is 1. The number of pyridine rings is 1. The highest BCUT2D eigenvalue weighted by atomic mass is 16.5. The molecule has 0 amide bonds. The van der Waals surface area contributed by atoms with Crippen LogP contribution in [-0.2, 0) is 4.79 Å². The lowest BCUT2D eigenvalue weighted by Crippen LogP contribution is -2.27. The van der Waals surface area contributed by atoms with Crippen LogP contribution in [0.15, 0.2) is 29.5 Å². The van der Waals surface area contributed by atoms with Crippen molar-refractivity contribution in [3.05, 3.63) is 35.2 Å². The summed E-state index contributed by atoms with van der Waals surface area (Å²) in [6.07, 6.45) is 1.42. The molecule has 1 aliphatic rings. The third kappa shape index (κ3) is 2.78. The zero-order chi connectivity index (χ0) is 13.3. The average Bonchev–Trinajstić information content (AvgIpc) is 2.22. The molecule has 0 bridgehead atoms. The van der Waals surface area contributed by atoms with E-state index in [1.165, 1.54) is 0 Å². The van der Waals surface area contributed by atoms with Crippen LogP contribution in [0, 0.1) is 12.3 Å². The maximum atomic E-state index is 12.1. The maximum absolute atomic E-state index is 12.1. The summed E-state index contributed by atoms with van der Waals surface area (Å²) < 4.78 is 5.67. The minimum atomic E-state index is 0.0358. The van der Waals surface area contributed by atoms with Gasteiger partial charge in [0.05, 0.1) is 0 Å². The number of Topliss-reactive ketones (excluding diaryl/α,β-unsaturated/α-hetero) is 1. The van der Waals surface area contributed by atoms with E-state index in [0.29, 0.717) is 18.1 Å². The molecule has 0 aliphatic heterocycles. The van der Waals surface area contributed by atoms with E-state index in [-0.39, 0.29) is 11.2 Å². The van der Waals surface area contributed by atoms with E-state index in [1.807, 2.05) is 26.0 Å². The van der Waals surface area contributed by atoms with Gasteiger partial charge in [-0.15, -0.1) is 0 Å². The van der Waals surface area contributed by atoms with Gasteiger partial charge in [-0.1, -0.05) is 19.9 Å². The number of hydrogen-bond acceptors (Lipinski definition) is 3. The van der Waals surface area contributed by atoms with Crippen molar-refractivity contribution in [3.8, 4) is 5.88 Å². The van der Waals surface area contributed by atoms with Gasteiger partial charge >= 0.3 is 0 Å². The zero-order valence-corrected chi connectivity index (χ0v) is 11.4. The lowest BCUT2D eigenvalue weighted by atomic mass is 9.76. The van der Waals surface area contributed by atoms with Gasteiger partial charge in [0, 0.05) is 18.2 Å². The second-order valence-corrected chi connectivity index (χ2v) is 5.77. The van der Waals surface area contributed by atoms with Crippen molar-refractivity contribution in [2.24, 2.45) is 5.41 Å². The van der Waals surface area contributed by atoms with E-state index in [9.17, 15) is 4.79 Å². The maximum Gasteiger partial charge on any atom is 0.219 e. The number of rotatable bonds is 2. The molecule has 0 radical (unpaired) electrons. The first-order chi connectivity index (χ1) is 8.37. The first-order valence-corrected chi connectivity index (χ1v) is 6.22. The molecule has 0 unspecified atom stereocenters. The Balaban J connectivity index is 2.26. The minimum Gasteiger partial charge on any atom is -0.435 e. The molecule has 1 heterocycles. The normalized spacial score (nSPS) is 19.0. The molecule has 18 heavy (non-hydrogen) atoms. The molecule has 1 aliphatic carbocycles. The summed E-state index contributed by atoms with van der Waals surface area (Å²) in [5.41, 5.74) is 1.93. The van der Waals surface area contributed by atoms with Crippen LogP contribution in [0.4, 0.5) is 0 Å². The second kappa shape index (κ2) is 4.56. The lowest BCUT2D eigenvalue weighted by molar-refractivity contribution is -0.120. The number of ether oxygens (including phenoxy) is 1. The van der Waals surface area contributed by atoms with Gasteiger partial charge in [-0.2, -0.15) is 0 Å². The van der Waals surface area contributed by atoms with Crippen LogP contribution in [0.3, 0.4) is 0 Å². The van der Waals surface area contributed by atoms with Gasteiger partial charge < -0.3 is 4.74 Å². The van der Waals surface area contributed by atoms with Crippen molar-refractivity contribution in [3.63, 3.8) is 0 Å². The van der Waals surface area contributed by atoms with Crippen molar-refractivity contribution in [2.75, 3.05) is 0 Å². The summed E-state index contributed by atoms with van der Waals surface area (Å²) >= 11 is 0. The van der Waals surface area contributed by atoms with Crippen LogP contribution in [0.2, 0.25) is 0 Å². The Morgan fingerprint density at radius 1 is 1.22 bits per heavy atom. The molecule has 3 nitrogen and oxygen atoms in total. The fourth-order valence-corrected chi connectivity index (χ4v) is 2.44. The summed E-state index contributed by atoms with van der Waals surface area (Å²) in [5, 5.41) is 0. The van der Waals surface area contributed by atoms with E-state index >= 15 is 0 Å². The molecule has 0 spiro atoms. The molecule has 0 saturated heterocycles. The van der Waals surface area contributed by atoms with E-state index in [4.69, 9.17) is 4.74 Å². The molecule has 2 rings (SSSR count). The molecular weight excluding hydrogens is 226 g/mol. The zero-order valence-electron chi connectivity index (χ0n) is 11.4. The van der Waals surface area contributed by atoms with Crippen molar-refractivity contribution >= 4 is 5.78 Å². The SMILES string of the molecule is CC1=C(Oc2cccc(C)n2)C(=O)CC(C)(C)C1. The highest BCUT2D eigenvalue weighted by Gasteiger charge is 2.32. The molecule has 1 aromatic heterocycles. The van der Waals surface area contributed by atoms with Crippen LogP contribution >= 0.6 is 0 Å². The molecule has 0 fully saturated rings. The first kappa shape index (κ1) is 12.8. The Bertz CT molecular complexity index is 515. The van der Waals surface area contributed by atoms with Gasteiger partial charge in [-0.25, -0.2) is 4.98 Å². The number of hydrogen-bond donors (Lipinski definition) is 0. The number of carbonyl (C=O) groups is 1. The number of carbonyl (C=O) groups excluding carboxylic acids is 1. The molecule has 0 saturated carbocycles. The third-order valence-corrected chi connectivity index (χ3v) is 3.09. The van der Waals surface area contributed by atoms with E-state index < -0.39 is 0 Å². The van der Waals surface area contributed by atoms with Gasteiger partial charge in [0.1, 0.15) is 0 Å². The van der Waals surface area contributed by atoms with E-state index in [2.05, 4.69) is 18.8 Å². The predicted molar refractivity (Wildman–Crippen MR) is 70.3 cm³/mol. The lowest BCUT2D eigenvalue weighted by Gasteiger charge is -2.30. The number of allylic oxidation sites excluding steroid dienone is 2. The van der Waals surface area contributed by atoms with Crippen molar-refractivity contribution < 1.29 is 9.53 Å². The molecular formula is C15H19NO2. The van der Waals surface area contributed by atoms with Gasteiger partial charge in [0.15, 0.2) is 11.5 Å². The van der Waals surface area contributed by atoms with E-state index in [0.717, 1.165) is 17.7 Å². The van der Waals surface area contributed by atoms with E-state index in [1.54, 1.807) is 6.07 Å². The van der Waals surface area contributed by atoms with Crippen LogP contribution < -0.4 is 4.74 Å². The highest BCUT2D eigenvalue weighted by molar-refractivity contribution is 5.95. The van der Waals surface area contributed by atoms with Crippen molar-refractivity contribution in [1.82, 2.24) is 4.98 Å². The largest absolute Gasteiger partial charge is 0.435 e. The molecule has 0 aromatic carbocycles. The summed E-state index contributed by atoms with van der Waals surface area (Å²) in [6.45, 7) is 8.08. The third-order valence-electron chi connectivity index (χ3n) is 3.09. The molecule has 3 heteroatoms. The quantitative estimate of drug-likeness (QED) is 0.801. The smallest absolute Gasteiger partial charge is 0.219 e. The summed E-state index contributed by atoms with van der Waals surface area (Å²) in [4.78, 5) is 16.4. The Kier molecular flexibility index (Phi) is 3.24. The topological polar surface area (TPSA) is 39.2 Å². The fourth-order valence-electron chi connectivity index (χ4n) is 2.44. The standard InChI is InChI=1S/C15H19NO2/c1-10-8-15(3,4)9-12(17)14(10)18-13-7-5-6-11(2)16-13/h5-7H,8-9H2,1-4H3. The highest BCUT2D eigenvalue weighted by Crippen LogP contribution is 2.36. The monoisotopic (exact) mass is 245 g/mol. The first-order valence-electron chi connectivity index (χ1n) is 6.22. The van der Waals surface area contributed by atoms with Gasteiger partial charge in [0.2, 0.25) is 5.88 Å². The molecule has 1 aromatic rings. The Hall–Kier alpha value is -1.64. The van der Waals surface area contributed by atoms with Crippen molar-refractivity contribution in [1.29, 1.82) is 0 Å². The van der Waals surface area contributed by atoms with Crippen LogP contribution in [-0.4, -0.2) is 10.8 Å². The molecule has 0 N–H and O–H groups in total. The molecule has 0 atom stereocenters. The minimum absolute atomic E-state index is 0.0358. The summed E-state index contributed by atoms with van der Waals surface area (Å²) in [6, 6.07) is 5.56. The van der Waals surface area contributed by atoms with Gasteiger partial charge in [-0.3, -0.25) is 4.79 Å². The van der Waals surface area contributed by atoms with Gasteiger partial charge in [0.25, 0.3) is 0 Å². The molecule has 96 valence electrons. The Labute approximate surface area is 108 Å². The van der Waals surface area contributed by atoms with Crippen molar-refractivity contribution in [2.45, 2.75) is 40.5 Å². The Morgan fingerprint density at radius 2 is 1.94 bits per heavy atom. The number of ketones is 1. The number of nitrogens with zero attached hydrogens (tertiary/aromatic N) is 1. The summed E-state index contributed by atoms with van der Waals surface area (Å²) in [7, 11) is 0. The Morgan fingerprint density at radius 3 is 2.56 bits per heavy atom. The second-order valence-electron chi connectivity index (χ2n) is 5.77. The average molecular weight is 245 g/mol. The van der Waals surface area contributed by atoms with Crippen LogP contribution in [0.1, 0.15) is 39.3 Å². The van der Waals surface area contributed by atoms with Crippen LogP contribution in [0.5, 0.6) is 5.88 Å². The fraction of sp³-hybridized carbons (Fsp3) is 0.467. The summed E-state index contributed by atoms with van der Waals surface area (Å²) in [5.74, 6) is 1.05. The predicted octanol–water partition coefficient (Wildman–Crippen LogP) is 3.43. The van der Waals surface area contributed by atoms with Crippen LogP contribution in [0.25, 0.3) is 0 Å².